The summed E-state index contributed by atoms with van der Waals surface area (Å²) in [5.41, 5.74) is 0. The molecule has 0 aliphatic heterocycles. The highest BCUT2D eigenvalue weighted by Crippen LogP contribution is 2.18. The monoisotopic (exact) mass is 251 g/mol. The summed E-state index contributed by atoms with van der Waals surface area (Å²) in [6.07, 6.45) is 2.55. The molecule has 2 nitrogen and oxygen atoms in total. The SMILES string of the molecule is CC[C@@H](C)NC(=O)CCCSc1ccccc1. The zero-order chi connectivity index (χ0) is 12.5. The van der Waals surface area contributed by atoms with Gasteiger partial charge in [-0.25, -0.2) is 0 Å². The molecule has 0 spiro atoms. The summed E-state index contributed by atoms with van der Waals surface area (Å²) in [5, 5.41) is 2.98. The van der Waals surface area contributed by atoms with Crippen molar-refractivity contribution < 1.29 is 4.79 Å². The van der Waals surface area contributed by atoms with Gasteiger partial charge in [-0.1, -0.05) is 25.1 Å². The van der Waals surface area contributed by atoms with E-state index in [0.29, 0.717) is 12.5 Å². The van der Waals surface area contributed by atoms with E-state index in [1.54, 1.807) is 0 Å². The molecule has 1 aromatic carbocycles. The number of hydrogen-bond acceptors (Lipinski definition) is 2. The van der Waals surface area contributed by atoms with Crippen LogP contribution in [-0.4, -0.2) is 17.7 Å². The second-order valence-corrected chi connectivity index (χ2v) is 5.31. The van der Waals surface area contributed by atoms with Gasteiger partial charge in [0.2, 0.25) is 5.91 Å². The number of amides is 1. The summed E-state index contributed by atoms with van der Waals surface area (Å²) in [7, 11) is 0. The summed E-state index contributed by atoms with van der Waals surface area (Å²) >= 11 is 1.81. The number of benzene rings is 1. The van der Waals surface area contributed by atoms with Crippen LogP contribution in [0.3, 0.4) is 0 Å². The summed E-state index contributed by atoms with van der Waals surface area (Å²) in [6, 6.07) is 10.6. The Morgan fingerprint density at radius 2 is 2.06 bits per heavy atom. The summed E-state index contributed by atoms with van der Waals surface area (Å²) in [4.78, 5) is 12.8. The first-order valence-corrected chi connectivity index (χ1v) is 7.18. The first-order valence-electron chi connectivity index (χ1n) is 6.19. The van der Waals surface area contributed by atoms with Crippen molar-refractivity contribution in [3.8, 4) is 0 Å². The zero-order valence-corrected chi connectivity index (χ0v) is 11.4. The van der Waals surface area contributed by atoms with Crippen LogP contribution >= 0.6 is 11.8 Å². The maximum absolute atomic E-state index is 11.5. The van der Waals surface area contributed by atoms with Crippen LogP contribution in [-0.2, 0) is 4.79 Å². The van der Waals surface area contributed by atoms with Crippen molar-refractivity contribution in [2.75, 3.05) is 5.75 Å². The third kappa shape index (κ3) is 6.37. The van der Waals surface area contributed by atoms with Crippen LogP contribution < -0.4 is 5.32 Å². The van der Waals surface area contributed by atoms with Crippen LogP contribution in [0, 0.1) is 0 Å². The Labute approximate surface area is 108 Å². The second kappa shape index (κ2) is 8.18. The predicted octanol–water partition coefficient (Wildman–Crippen LogP) is 3.47. The number of hydrogen-bond donors (Lipinski definition) is 1. The molecule has 0 saturated carbocycles. The quantitative estimate of drug-likeness (QED) is 0.594. The molecular formula is C14H21NOS. The molecule has 1 aromatic rings. The minimum atomic E-state index is 0.174. The molecule has 1 rings (SSSR count). The molecule has 0 radical (unpaired) electrons. The Kier molecular flexibility index (Phi) is 6.78. The smallest absolute Gasteiger partial charge is 0.220 e. The molecule has 0 aromatic heterocycles. The summed E-state index contributed by atoms with van der Waals surface area (Å²) < 4.78 is 0. The van der Waals surface area contributed by atoms with Crippen LogP contribution in [0.25, 0.3) is 0 Å². The number of thioether (sulfide) groups is 1. The Hall–Kier alpha value is -0.960. The average molecular weight is 251 g/mol. The second-order valence-electron chi connectivity index (χ2n) is 4.14. The zero-order valence-electron chi connectivity index (χ0n) is 10.6. The van der Waals surface area contributed by atoms with Gasteiger partial charge >= 0.3 is 0 Å². The van der Waals surface area contributed by atoms with E-state index >= 15 is 0 Å². The van der Waals surface area contributed by atoms with E-state index in [1.165, 1.54) is 4.90 Å². The van der Waals surface area contributed by atoms with E-state index in [4.69, 9.17) is 0 Å². The predicted molar refractivity (Wildman–Crippen MR) is 74.3 cm³/mol. The molecule has 0 aliphatic carbocycles. The molecule has 0 heterocycles. The van der Waals surface area contributed by atoms with Crippen LogP contribution in [0.4, 0.5) is 0 Å². The van der Waals surface area contributed by atoms with Crippen molar-refractivity contribution >= 4 is 17.7 Å². The Balaban J connectivity index is 2.10. The third-order valence-corrected chi connectivity index (χ3v) is 3.68. The van der Waals surface area contributed by atoms with Gasteiger partial charge in [0.15, 0.2) is 0 Å². The Bertz CT molecular complexity index is 326. The van der Waals surface area contributed by atoms with Crippen LogP contribution in [0.5, 0.6) is 0 Å². The fourth-order valence-electron chi connectivity index (χ4n) is 1.39. The highest BCUT2D eigenvalue weighted by Gasteiger charge is 2.04. The highest BCUT2D eigenvalue weighted by atomic mass is 32.2. The lowest BCUT2D eigenvalue weighted by molar-refractivity contribution is -0.121. The third-order valence-electron chi connectivity index (χ3n) is 2.58. The molecule has 0 fully saturated rings. The summed E-state index contributed by atoms with van der Waals surface area (Å²) in [5.74, 6) is 1.17. The van der Waals surface area contributed by atoms with Crippen LogP contribution in [0.15, 0.2) is 35.2 Å². The Morgan fingerprint density at radius 3 is 2.71 bits per heavy atom. The standard InChI is InChI=1S/C14H21NOS/c1-3-12(2)15-14(16)10-7-11-17-13-8-5-4-6-9-13/h4-6,8-9,12H,3,7,10-11H2,1-2H3,(H,15,16)/t12-/m1/s1. The van der Waals surface area contributed by atoms with Gasteiger partial charge in [-0.05, 0) is 37.7 Å². The normalized spacial score (nSPS) is 12.1. The van der Waals surface area contributed by atoms with E-state index in [9.17, 15) is 4.79 Å². The van der Waals surface area contributed by atoms with Gasteiger partial charge in [0.1, 0.15) is 0 Å². The van der Waals surface area contributed by atoms with Gasteiger partial charge < -0.3 is 5.32 Å². The lowest BCUT2D eigenvalue weighted by atomic mass is 10.2. The average Bonchev–Trinajstić information content (AvgIpc) is 2.36. The highest BCUT2D eigenvalue weighted by molar-refractivity contribution is 7.99. The molecular weight excluding hydrogens is 230 g/mol. The van der Waals surface area contributed by atoms with Crippen molar-refractivity contribution in [1.29, 1.82) is 0 Å². The maximum atomic E-state index is 11.5. The largest absolute Gasteiger partial charge is 0.354 e. The number of nitrogens with one attached hydrogen (secondary N) is 1. The molecule has 0 unspecified atom stereocenters. The molecule has 0 aliphatic rings. The van der Waals surface area contributed by atoms with Crippen LogP contribution in [0.2, 0.25) is 0 Å². The minimum Gasteiger partial charge on any atom is -0.354 e. The van der Waals surface area contributed by atoms with Gasteiger partial charge in [-0.2, -0.15) is 0 Å². The number of rotatable bonds is 7. The van der Waals surface area contributed by atoms with Gasteiger partial charge in [-0.15, -0.1) is 11.8 Å². The van der Waals surface area contributed by atoms with Crippen molar-refractivity contribution in [3.05, 3.63) is 30.3 Å². The molecule has 94 valence electrons. The number of carbonyl (C=O) groups is 1. The minimum absolute atomic E-state index is 0.174. The van der Waals surface area contributed by atoms with Gasteiger partial charge in [-0.3, -0.25) is 4.79 Å². The van der Waals surface area contributed by atoms with E-state index in [0.717, 1.165) is 18.6 Å². The lowest BCUT2D eigenvalue weighted by Crippen LogP contribution is -2.31. The van der Waals surface area contributed by atoms with E-state index < -0.39 is 0 Å². The number of carbonyl (C=O) groups excluding carboxylic acids is 1. The molecule has 17 heavy (non-hydrogen) atoms. The van der Waals surface area contributed by atoms with Crippen molar-refractivity contribution in [3.63, 3.8) is 0 Å². The molecule has 0 saturated heterocycles. The fraction of sp³-hybridized carbons (Fsp3) is 0.500. The van der Waals surface area contributed by atoms with E-state index in [-0.39, 0.29) is 5.91 Å². The van der Waals surface area contributed by atoms with Gasteiger partial charge in [0.05, 0.1) is 0 Å². The lowest BCUT2D eigenvalue weighted by Gasteiger charge is -2.10. The van der Waals surface area contributed by atoms with E-state index in [1.807, 2.05) is 36.9 Å². The van der Waals surface area contributed by atoms with Crippen LogP contribution in [0.1, 0.15) is 33.1 Å². The molecule has 3 heteroatoms. The first kappa shape index (κ1) is 14.1. The topological polar surface area (TPSA) is 29.1 Å². The van der Waals surface area contributed by atoms with Gasteiger partial charge in [0, 0.05) is 17.4 Å². The van der Waals surface area contributed by atoms with Crippen molar-refractivity contribution in [1.82, 2.24) is 5.32 Å². The molecule has 1 atom stereocenters. The molecule has 0 bridgehead atoms. The first-order chi connectivity index (χ1) is 8.22. The van der Waals surface area contributed by atoms with Crippen molar-refractivity contribution in [2.45, 2.75) is 44.0 Å². The van der Waals surface area contributed by atoms with Crippen molar-refractivity contribution in [2.24, 2.45) is 0 Å². The van der Waals surface area contributed by atoms with Gasteiger partial charge in [0.25, 0.3) is 0 Å². The summed E-state index contributed by atoms with van der Waals surface area (Å²) in [6.45, 7) is 4.12. The van der Waals surface area contributed by atoms with E-state index in [2.05, 4.69) is 24.4 Å². The Morgan fingerprint density at radius 1 is 1.35 bits per heavy atom. The molecule has 1 N–H and O–H groups in total. The molecule has 1 amide bonds. The maximum Gasteiger partial charge on any atom is 0.220 e. The fourth-order valence-corrected chi connectivity index (χ4v) is 2.26.